The van der Waals surface area contributed by atoms with Crippen LogP contribution in [0.25, 0.3) is 11.1 Å². The predicted octanol–water partition coefficient (Wildman–Crippen LogP) is 5.08. The number of amides is 1. The molecule has 4 aromatic carbocycles. The number of benzene rings is 4. The number of aliphatic hydroxyl groups is 1. The van der Waals surface area contributed by atoms with Crippen LogP contribution in [-0.2, 0) is 9.36 Å². The van der Waals surface area contributed by atoms with Crippen LogP contribution in [0.3, 0.4) is 0 Å². The summed E-state index contributed by atoms with van der Waals surface area (Å²) in [5, 5.41) is 21.7. The molecule has 38 heavy (non-hydrogen) atoms. The van der Waals surface area contributed by atoms with Crippen LogP contribution in [0.2, 0.25) is 0 Å². The summed E-state index contributed by atoms with van der Waals surface area (Å²) in [6.45, 7) is 0. The van der Waals surface area contributed by atoms with E-state index in [9.17, 15) is 29.4 Å². The highest BCUT2D eigenvalue weighted by Crippen LogP contribution is 2.49. The van der Waals surface area contributed by atoms with Gasteiger partial charge in [-0.1, -0.05) is 72.8 Å². The first-order valence-corrected chi connectivity index (χ1v) is 14.0. The number of rotatable bonds is 8. The highest BCUT2D eigenvalue weighted by molar-refractivity contribution is 7.60. The van der Waals surface area contributed by atoms with Crippen LogP contribution >= 0.6 is 7.60 Å². The molecule has 4 aromatic rings. The number of hydrogen-bond acceptors (Lipinski definition) is 4. The fourth-order valence-electron chi connectivity index (χ4n) is 5.06. The summed E-state index contributed by atoms with van der Waals surface area (Å²) in [4.78, 5) is 33.7. The van der Waals surface area contributed by atoms with Gasteiger partial charge in [0.05, 0.1) is 23.4 Å². The smallest absolute Gasteiger partial charge is 0.356 e. The number of aliphatic hydroxyl groups excluding tert-OH is 1. The first-order chi connectivity index (χ1) is 18.2. The minimum absolute atomic E-state index is 0.0219. The second-order valence-corrected chi connectivity index (χ2v) is 11.1. The number of hydrogen-bond donors (Lipinski definition) is 4. The average molecular weight is 530 g/mol. The number of carbonyl (C=O) groups is 1. The van der Waals surface area contributed by atoms with E-state index in [0.717, 1.165) is 11.3 Å². The standard InChI is InChI=1S/C30H28NO6P/c32-27(21-7-3-1-4-8-21)18-17-26-29(31(30(26)34)23-9-5-2-6-10-23)25-16-13-22(19-28(25)33)20-11-14-24(15-12-20)38(35,36)37/h1-16,19,26-27,29,32-33H,17-18H2,(H2,35,36,37)/t26-,27+,29-/m1/s1. The fraction of sp³-hybridized carbons (Fsp3) is 0.167. The zero-order valence-electron chi connectivity index (χ0n) is 20.5. The van der Waals surface area contributed by atoms with E-state index in [2.05, 4.69) is 0 Å². The summed E-state index contributed by atoms with van der Waals surface area (Å²) in [6, 6.07) is 29.4. The van der Waals surface area contributed by atoms with Crippen molar-refractivity contribution in [3.05, 3.63) is 114 Å². The molecule has 1 amide bonds. The van der Waals surface area contributed by atoms with Gasteiger partial charge in [-0.2, -0.15) is 0 Å². The SMILES string of the molecule is O=C1[C@H](CC[C@H](O)c2ccccc2)[C@@H](c2ccc(-c3ccc(P(=O)(O)O)cc3)cc2O)N1c1ccccc1. The molecule has 0 unspecified atom stereocenters. The van der Waals surface area contributed by atoms with Gasteiger partial charge in [0.1, 0.15) is 5.75 Å². The Hall–Kier alpha value is -3.74. The highest BCUT2D eigenvalue weighted by atomic mass is 31.2. The topological polar surface area (TPSA) is 118 Å². The van der Waals surface area contributed by atoms with Gasteiger partial charge in [-0.05, 0) is 59.9 Å². The molecule has 4 N–H and O–H groups in total. The van der Waals surface area contributed by atoms with E-state index in [-0.39, 0.29) is 17.0 Å². The molecule has 1 aliphatic heterocycles. The number of para-hydroxylation sites is 1. The Morgan fingerprint density at radius 3 is 2.03 bits per heavy atom. The van der Waals surface area contributed by atoms with Crippen LogP contribution in [0.5, 0.6) is 5.75 Å². The second-order valence-electron chi connectivity index (χ2n) is 9.46. The Bertz CT molecular complexity index is 1470. The molecule has 8 heteroatoms. The molecule has 0 saturated carbocycles. The van der Waals surface area contributed by atoms with Crippen molar-refractivity contribution in [1.29, 1.82) is 0 Å². The van der Waals surface area contributed by atoms with Gasteiger partial charge in [0.15, 0.2) is 0 Å². The van der Waals surface area contributed by atoms with Crippen LogP contribution in [0.4, 0.5) is 5.69 Å². The van der Waals surface area contributed by atoms with E-state index in [0.29, 0.717) is 29.5 Å². The van der Waals surface area contributed by atoms with E-state index >= 15 is 0 Å². The lowest BCUT2D eigenvalue weighted by molar-refractivity contribution is -0.131. The van der Waals surface area contributed by atoms with E-state index in [1.54, 1.807) is 29.2 Å². The lowest BCUT2D eigenvalue weighted by Crippen LogP contribution is -2.55. The first-order valence-electron chi connectivity index (χ1n) is 12.3. The molecule has 1 heterocycles. The summed E-state index contributed by atoms with van der Waals surface area (Å²) in [7, 11) is -4.34. The van der Waals surface area contributed by atoms with Crippen molar-refractivity contribution in [1.82, 2.24) is 0 Å². The van der Waals surface area contributed by atoms with Crippen molar-refractivity contribution >= 4 is 24.5 Å². The highest BCUT2D eigenvalue weighted by Gasteiger charge is 2.49. The van der Waals surface area contributed by atoms with Gasteiger partial charge < -0.3 is 24.9 Å². The molecule has 1 aliphatic rings. The van der Waals surface area contributed by atoms with Crippen molar-refractivity contribution in [3.8, 4) is 16.9 Å². The van der Waals surface area contributed by atoms with Crippen molar-refractivity contribution < 1.29 is 29.4 Å². The molecule has 7 nitrogen and oxygen atoms in total. The van der Waals surface area contributed by atoms with Crippen LogP contribution in [0.15, 0.2) is 103 Å². The maximum atomic E-state index is 13.3. The van der Waals surface area contributed by atoms with Crippen molar-refractivity contribution in [3.63, 3.8) is 0 Å². The lowest BCUT2D eigenvalue weighted by Gasteiger charge is -2.48. The Morgan fingerprint density at radius 2 is 1.42 bits per heavy atom. The van der Waals surface area contributed by atoms with Crippen molar-refractivity contribution in [2.24, 2.45) is 5.92 Å². The van der Waals surface area contributed by atoms with Crippen LogP contribution in [0, 0.1) is 5.92 Å². The molecule has 194 valence electrons. The monoisotopic (exact) mass is 529 g/mol. The minimum Gasteiger partial charge on any atom is -0.508 e. The fourth-order valence-corrected chi connectivity index (χ4v) is 5.60. The third kappa shape index (κ3) is 5.15. The maximum absolute atomic E-state index is 13.3. The Labute approximate surface area is 220 Å². The van der Waals surface area contributed by atoms with Crippen molar-refractivity contribution in [2.45, 2.75) is 25.0 Å². The van der Waals surface area contributed by atoms with Crippen LogP contribution in [0.1, 0.15) is 36.1 Å². The number of phenols is 1. The van der Waals surface area contributed by atoms with Gasteiger partial charge >= 0.3 is 7.60 Å². The van der Waals surface area contributed by atoms with Gasteiger partial charge in [0.25, 0.3) is 0 Å². The van der Waals surface area contributed by atoms with Gasteiger partial charge in [-0.15, -0.1) is 0 Å². The summed E-state index contributed by atoms with van der Waals surface area (Å²) in [6.07, 6.45) is 0.167. The molecule has 1 fully saturated rings. The third-order valence-corrected chi connectivity index (χ3v) is 8.04. The Kier molecular flexibility index (Phi) is 7.19. The van der Waals surface area contributed by atoms with Crippen LogP contribution in [-0.4, -0.2) is 25.9 Å². The van der Waals surface area contributed by atoms with Crippen molar-refractivity contribution in [2.75, 3.05) is 4.90 Å². The number of carbonyl (C=O) groups excluding carboxylic acids is 1. The van der Waals surface area contributed by atoms with Crippen LogP contribution < -0.4 is 10.2 Å². The molecule has 0 spiro atoms. The minimum atomic E-state index is -4.34. The largest absolute Gasteiger partial charge is 0.508 e. The Morgan fingerprint density at radius 1 is 0.816 bits per heavy atom. The zero-order chi connectivity index (χ0) is 26.9. The molecule has 0 bridgehead atoms. The summed E-state index contributed by atoms with van der Waals surface area (Å²) in [5.41, 5.74) is 3.50. The predicted molar refractivity (Wildman–Crippen MR) is 146 cm³/mol. The second kappa shape index (κ2) is 10.6. The zero-order valence-corrected chi connectivity index (χ0v) is 21.4. The molecular formula is C30H28NO6P. The Balaban J connectivity index is 1.42. The van der Waals surface area contributed by atoms with E-state index < -0.39 is 25.7 Å². The van der Waals surface area contributed by atoms with Gasteiger partial charge in [-0.25, -0.2) is 0 Å². The van der Waals surface area contributed by atoms with E-state index in [1.807, 2.05) is 66.7 Å². The lowest BCUT2D eigenvalue weighted by atomic mass is 9.77. The average Bonchev–Trinajstić information content (AvgIpc) is 2.92. The summed E-state index contributed by atoms with van der Waals surface area (Å²) < 4.78 is 11.5. The normalized spacial score (nSPS) is 18.2. The summed E-state index contributed by atoms with van der Waals surface area (Å²) >= 11 is 0. The van der Waals surface area contributed by atoms with Gasteiger partial charge in [0.2, 0.25) is 5.91 Å². The van der Waals surface area contributed by atoms with Gasteiger partial charge in [0, 0.05) is 11.3 Å². The summed E-state index contributed by atoms with van der Waals surface area (Å²) in [5.74, 6) is -0.445. The van der Waals surface area contributed by atoms with E-state index in [4.69, 9.17) is 0 Å². The molecule has 0 radical (unpaired) electrons. The number of phenolic OH excluding ortho intramolecular Hbond substituents is 1. The molecule has 3 atom stereocenters. The number of nitrogens with zero attached hydrogens (tertiary/aromatic N) is 1. The first kappa shape index (κ1) is 25.9. The molecule has 1 saturated heterocycles. The third-order valence-electron chi connectivity index (χ3n) is 7.07. The molecule has 0 aliphatic carbocycles. The molecular weight excluding hydrogens is 501 g/mol. The number of anilines is 1. The van der Waals surface area contributed by atoms with Gasteiger partial charge in [-0.3, -0.25) is 9.36 Å². The number of aromatic hydroxyl groups is 1. The quantitative estimate of drug-likeness (QED) is 0.187. The molecule has 0 aromatic heterocycles. The number of β-lactam (4-membered cyclic amide) rings is 1. The molecule has 5 rings (SSSR count). The van der Waals surface area contributed by atoms with E-state index in [1.165, 1.54) is 12.1 Å². The maximum Gasteiger partial charge on any atom is 0.356 e.